The molecule has 0 aliphatic heterocycles. The molecule has 0 saturated carbocycles. The van der Waals surface area contributed by atoms with E-state index >= 15 is 0 Å². The van der Waals surface area contributed by atoms with E-state index in [0.717, 1.165) is 26.0 Å². The van der Waals surface area contributed by atoms with Crippen molar-refractivity contribution in [3.63, 3.8) is 0 Å². The average Bonchev–Trinajstić information content (AvgIpc) is 2.69. The maximum Gasteiger partial charge on any atom is 0.115 e. The zero-order chi connectivity index (χ0) is 11.1. The summed E-state index contributed by atoms with van der Waals surface area (Å²) < 4.78 is 1.16. The first-order valence-corrected chi connectivity index (χ1v) is 5.69. The molecule has 2 aromatic carbocycles. The van der Waals surface area contributed by atoms with Crippen LogP contribution in [0.2, 0.25) is 0 Å². The first kappa shape index (κ1) is 12.2. The molecule has 0 aliphatic rings. The monoisotopic (exact) mass is 416 g/mol. The van der Waals surface area contributed by atoms with Gasteiger partial charge in [0, 0.05) is 30.3 Å². The molecule has 1 heterocycles. The Balaban J connectivity index is 0.00000108. The van der Waals surface area contributed by atoms with Crippen LogP contribution in [0.25, 0.3) is 25.8 Å². The van der Waals surface area contributed by atoms with E-state index in [1.54, 1.807) is 23.5 Å². The van der Waals surface area contributed by atoms with Crippen molar-refractivity contribution in [2.45, 2.75) is 6.92 Å². The van der Waals surface area contributed by atoms with E-state index < -0.39 is 0 Å². The average molecular weight is 415 g/mol. The number of rotatable bonds is 0. The smallest absolute Gasteiger partial charge is 0.115 e. The number of thiazole rings is 1. The largest absolute Gasteiger partial charge is 0.290 e. The van der Waals surface area contributed by atoms with Crippen LogP contribution in [0.5, 0.6) is 0 Å². The minimum absolute atomic E-state index is 0. The van der Waals surface area contributed by atoms with Gasteiger partial charge in [-0.25, -0.2) is 0 Å². The first-order chi connectivity index (χ1) is 7.79. The normalized spacial score (nSPS) is 10.1. The molecule has 17 heavy (non-hydrogen) atoms. The van der Waals surface area contributed by atoms with Gasteiger partial charge in [-0.1, -0.05) is 6.07 Å². The summed E-state index contributed by atoms with van der Waals surface area (Å²) in [6.07, 6.45) is 0. The standard InChI is InChI=1S/C13H7N2S.Ir/c1-8-15-13-10-4-3-5-11(14-2)9(10)6-7-12(13)16-8;/h3,5-7H,1H3;/q-1;. The Bertz CT molecular complexity index is 740. The van der Waals surface area contributed by atoms with Gasteiger partial charge in [0.15, 0.2) is 0 Å². The van der Waals surface area contributed by atoms with E-state index in [0.29, 0.717) is 5.69 Å². The summed E-state index contributed by atoms with van der Waals surface area (Å²) in [6.45, 7) is 9.13. The molecular weight excluding hydrogens is 408 g/mol. The molecule has 4 heteroatoms. The van der Waals surface area contributed by atoms with Crippen LogP contribution >= 0.6 is 11.3 Å². The van der Waals surface area contributed by atoms with Gasteiger partial charge in [0.05, 0.1) is 11.6 Å². The molecule has 2 nitrogen and oxygen atoms in total. The van der Waals surface area contributed by atoms with Gasteiger partial charge in [-0.05, 0) is 6.92 Å². The quantitative estimate of drug-likeness (QED) is 0.505. The van der Waals surface area contributed by atoms with Gasteiger partial charge in [-0.3, -0.25) is 9.83 Å². The molecule has 3 aromatic rings. The Kier molecular flexibility index (Phi) is 3.26. The minimum atomic E-state index is 0. The molecule has 0 fully saturated rings. The fourth-order valence-electron chi connectivity index (χ4n) is 1.86. The SMILES string of the molecule is [C-]#[N+]c1cc[c-]c2c1ccc1sc(C)nc12.[Ir]. The fraction of sp³-hybridized carbons (Fsp3) is 0.0769. The van der Waals surface area contributed by atoms with E-state index in [-0.39, 0.29) is 20.1 Å². The summed E-state index contributed by atoms with van der Waals surface area (Å²) in [5, 5.41) is 2.94. The molecule has 0 aliphatic carbocycles. The van der Waals surface area contributed by atoms with Crippen LogP contribution in [0.4, 0.5) is 5.69 Å². The van der Waals surface area contributed by atoms with Crippen molar-refractivity contribution >= 4 is 38.0 Å². The van der Waals surface area contributed by atoms with E-state index in [1.165, 1.54) is 0 Å². The number of hydrogen-bond donors (Lipinski definition) is 0. The van der Waals surface area contributed by atoms with Crippen molar-refractivity contribution in [2.75, 3.05) is 0 Å². The molecule has 3 rings (SSSR count). The number of nitrogens with zero attached hydrogens (tertiary/aromatic N) is 2. The number of aromatic nitrogens is 1. The van der Waals surface area contributed by atoms with E-state index in [4.69, 9.17) is 6.57 Å². The third-order valence-electron chi connectivity index (χ3n) is 2.53. The second-order valence-electron chi connectivity index (χ2n) is 3.54. The van der Waals surface area contributed by atoms with Crippen molar-refractivity contribution in [2.24, 2.45) is 0 Å². The van der Waals surface area contributed by atoms with Crippen LogP contribution in [0.1, 0.15) is 5.01 Å². The summed E-state index contributed by atoms with van der Waals surface area (Å²) in [6, 6.07) is 10.8. The van der Waals surface area contributed by atoms with Gasteiger partial charge in [0.1, 0.15) is 5.69 Å². The van der Waals surface area contributed by atoms with Crippen LogP contribution in [-0.4, -0.2) is 4.98 Å². The molecule has 1 aromatic heterocycles. The maximum absolute atomic E-state index is 7.13. The van der Waals surface area contributed by atoms with Crippen molar-refractivity contribution in [1.82, 2.24) is 4.98 Å². The van der Waals surface area contributed by atoms with Crippen LogP contribution in [-0.2, 0) is 20.1 Å². The van der Waals surface area contributed by atoms with E-state index in [9.17, 15) is 0 Å². The fourth-order valence-corrected chi connectivity index (χ4v) is 2.69. The number of hydrogen-bond acceptors (Lipinski definition) is 2. The van der Waals surface area contributed by atoms with E-state index in [2.05, 4.69) is 15.9 Å². The predicted molar refractivity (Wildman–Crippen MR) is 67.0 cm³/mol. The molecule has 1 radical (unpaired) electrons. The Morgan fingerprint density at radius 2 is 2.18 bits per heavy atom. The Labute approximate surface area is 116 Å². The number of fused-ring (bicyclic) bond motifs is 3. The van der Waals surface area contributed by atoms with E-state index in [1.807, 2.05) is 19.1 Å². The molecule has 0 unspecified atom stereocenters. The van der Waals surface area contributed by atoms with Crippen LogP contribution < -0.4 is 0 Å². The summed E-state index contributed by atoms with van der Waals surface area (Å²) in [5.41, 5.74) is 1.63. The zero-order valence-corrected chi connectivity index (χ0v) is 12.2. The number of benzene rings is 2. The second-order valence-corrected chi connectivity index (χ2v) is 4.78. The maximum atomic E-state index is 7.13. The second kappa shape index (κ2) is 4.54. The topological polar surface area (TPSA) is 17.2 Å². The van der Waals surface area contributed by atoms with Crippen LogP contribution in [0.15, 0.2) is 24.3 Å². The minimum Gasteiger partial charge on any atom is -0.290 e. The van der Waals surface area contributed by atoms with Gasteiger partial charge >= 0.3 is 0 Å². The summed E-state index contributed by atoms with van der Waals surface area (Å²) in [7, 11) is 0. The first-order valence-electron chi connectivity index (χ1n) is 4.87. The molecule has 0 saturated heterocycles. The molecule has 0 atom stereocenters. The number of aryl methyl sites for hydroxylation is 1. The molecule has 0 spiro atoms. The third kappa shape index (κ3) is 1.87. The molecule has 0 amide bonds. The third-order valence-corrected chi connectivity index (χ3v) is 3.47. The van der Waals surface area contributed by atoms with Crippen molar-refractivity contribution in [1.29, 1.82) is 0 Å². The van der Waals surface area contributed by atoms with Crippen LogP contribution in [0.3, 0.4) is 0 Å². The Morgan fingerprint density at radius 3 is 2.94 bits per heavy atom. The van der Waals surface area contributed by atoms with Crippen molar-refractivity contribution < 1.29 is 20.1 Å². The van der Waals surface area contributed by atoms with Gasteiger partial charge in [0.2, 0.25) is 0 Å². The van der Waals surface area contributed by atoms with Crippen molar-refractivity contribution in [3.8, 4) is 0 Å². The van der Waals surface area contributed by atoms with Gasteiger partial charge in [0.25, 0.3) is 0 Å². The summed E-state index contributed by atoms with van der Waals surface area (Å²) >= 11 is 1.67. The molecule has 0 N–H and O–H groups in total. The summed E-state index contributed by atoms with van der Waals surface area (Å²) in [4.78, 5) is 8.02. The molecular formula is C13H7IrN2S-. The molecule has 85 valence electrons. The summed E-state index contributed by atoms with van der Waals surface area (Å²) in [5.74, 6) is 0. The Morgan fingerprint density at radius 1 is 1.35 bits per heavy atom. The van der Waals surface area contributed by atoms with Crippen molar-refractivity contribution in [3.05, 3.63) is 46.8 Å². The molecule has 0 bridgehead atoms. The van der Waals surface area contributed by atoms with Gasteiger partial charge < -0.3 is 0 Å². The van der Waals surface area contributed by atoms with Gasteiger partial charge in [-0.15, -0.1) is 40.3 Å². The zero-order valence-electron chi connectivity index (χ0n) is 8.95. The van der Waals surface area contributed by atoms with Crippen LogP contribution in [0, 0.1) is 19.6 Å². The Hall–Kier alpha value is -1.27. The van der Waals surface area contributed by atoms with Gasteiger partial charge in [-0.2, -0.15) is 6.07 Å². The predicted octanol–water partition coefficient (Wildman–Crippen LogP) is 4.11.